The van der Waals surface area contributed by atoms with Crippen molar-refractivity contribution in [2.75, 3.05) is 0 Å². The van der Waals surface area contributed by atoms with Gasteiger partial charge in [-0.05, 0) is 0 Å². The SMILES string of the molecule is CC#N.O=C(O)C(=O)O.O=C(O)C(=O)O. The molecule has 0 radical (unpaired) electrons. The standard InChI is InChI=1S/C2H3N.2C2H2O4/c1-2-3;2*3-1(4)2(5)6/h1H3;2*(H,3,4)(H,5,6). The number of nitriles is 1. The van der Waals surface area contributed by atoms with Crippen LogP contribution in [0.5, 0.6) is 0 Å². The first-order chi connectivity index (χ1) is 6.70. The maximum Gasteiger partial charge on any atom is 0.414 e. The van der Waals surface area contributed by atoms with Crippen LogP contribution in [0.25, 0.3) is 0 Å². The van der Waals surface area contributed by atoms with Gasteiger partial charge in [0.05, 0.1) is 6.07 Å². The van der Waals surface area contributed by atoms with Gasteiger partial charge in [-0.3, -0.25) is 0 Å². The molecule has 0 atom stereocenters. The summed E-state index contributed by atoms with van der Waals surface area (Å²) in [4.78, 5) is 36.4. The molecule has 0 heterocycles. The largest absolute Gasteiger partial charge is 0.473 e. The van der Waals surface area contributed by atoms with E-state index in [0.29, 0.717) is 0 Å². The van der Waals surface area contributed by atoms with Crippen molar-refractivity contribution in [1.82, 2.24) is 0 Å². The second kappa shape index (κ2) is 11.4. The number of hydrogen-bond donors (Lipinski definition) is 4. The Morgan fingerprint density at radius 3 is 0.867 bits per heavy atom. The molecule has 4 N–H and O–H groups in total. The number of hydrogen-bond acceptors (Lipinski definition) is 5. The van der Waals surface area contributed by atoms with Crippen molar-refractivity contribution in [3.05, 3.63) is 0 Å². The molecule has 0 saturated carbocycles. The molecular weight excluding hydrogens is 214 g/mol. The fourth-order valence-electron chi connectivity index (χ4n) is 0. The molecule has 0 bridgehead atoms. The van der Waals surface area contributed by atoms with Gasteiger partial charge in [0.25, 0.3) is 0 Å². The summed E-state index contributed by atoms with van der Waals surface area (Å²) in [5.74, 6) is -7.30. The third kappa shape index (κ3) is 34.6. The van der Waals surface area contributed by atoms with E-state index in [1.807, 2.05) is 0 Å². The van der Waals surface area contributed by atoms with Crippen LogP contribution in [-0.4, -0.2) is 44.3 Å². The Hall–Kier alpha value is -2.63. The van der Waals surface area contributed by atoms with Crippen molar-refractivity contribution in [2.24, 2.45) is 0 Å². The van der Waals surface area contributed by atoms with E-state index in [1.165, 1.54) is 6.92 Å². The fraction of sp³-hybridized carbons (Fsp3) is 0.167. The Balaban J connectivity index is -0.000000153. The minimum Gasteiger partial charge on any atom is -0.473 e. The smallest absolute Gasteiger partial charge is 0.414 e. The molecule has 0 aliphatic carbocycles. The van der Waals surface area contributed by atoms with Gasteiger partial charge in [0.15, 0.2) is 0 Å². The van der Waals surface area contributed by atoms with E-state index in [2.05, 4.69) is 0 Å². The quantitative estimate of drug-likeness (QED) is 0.367. The predicted octanol–water partition coefficient (Wildman–Crippen LogP) is -1.16. The van der Waals surface area contributed by atoms with Gasteiger partial charge in [0.2, 0.25) is 0 Å². The second-order valence-electron chi connectivity index (χ2n) is 1.44. The fourth-order valence-corrected chi connectivity index (χ4v) is 0. The maximum absolute atomic E-state index is 9.10. The van der Waals surface area contributed by atoms with Crippen LogP contribution in [0, 0.1) is 11.3 Å². The van der Waals surface area contributed by atoms with Gasteiger partial charge in [0.1, 0.15) is 0 Å². The molecule has 0 aliphatic rings. The van der Waals surface area contributed by atoms with E-state index in [9.17, 15) is 0 Å². The van der Waals surface area contributed by atoms with Gasteiger partial charge in [-0.25, -0.2) is 19.2 Å². The molecule has 0 aromatic rings. The maximum atomic E-state index is 9.10. The molecule has 0 amide bonds. The molecular formula is C6H7NO8. The van der Waals surface area contributed by atoms with Crippen LogP contribution < -0.4 is 0 Å². The molecule has 9 nitrogen and oxygen atoms in total. The minimum absolute atomic E-state index is 1.43. The van der Waals surface area contributed by atoms with Gasteiger partial charge >= 0.3 is 23.9 Å². The average Bonchev–Trinajstić information content (AvgIpc) is 2.06. The summed E-state index contributed by atoms with van der Waals surface area (Å²) in [6.45, 7) is 1.43. The summed E-state index contributed by atoms with van der Waals surface area (Å²) in [5.41, 5.74) is 0. The van der Waals surface area contributed by atoms with Crippen LogP contribution in [0.2, 0.25) is 0 Å². The molecule has 0 saturated heterocycles. The number of carboxylic acids is 4. The summed E-state index contributed by atoms with van der Waals surface area (Å²) in [7, 11) is 0. The molecule has 84 valence electrons. The lowest BCUT2D eigenvalue weighted by Gasteiger charge is -1.72. The lowest BCUT2D eigenvalue weighted by atomic mass is 10.7. The van der Waals surface area contributed by atoms with Gasteiger partial charge in [-0.15, -0.1) is 0 Å². The highest BCUT2D eigenvalue weighted by Crippen LogP contribution is 1.56. The van der Waals surface area contributed by atoms with Crippen LogP contribution in [0.4, 0.5) is 0 Å². The molecule has 0 spiro atoms. The minimum atomic E-state index is -1.82. The van der Waals surface area contributed by atoms with Crippen LogP contribution in [0.1, 0.15) is 6.92 Å². The Kier molecular flexibility index (Phi) is 13.8. The highest BCUT2D eigenvalue weighted by atomic mass is 16.4. The van der Waals surface area contributed by atoms with Crippen molar-refractivity contribution in [2.45, 2.75) is 6.92 Å². The number of aliphatic carboxylic acids is 4. The van der Waals surface area contributed by atoms with E-state index < -0.39 is 23.9 Å². The van der Waals surface area contributed by atoms with Crippen LogP contribution in [-0.2, 0) is 19.2 Å². The molecule has 9 heteroatoms. The van der Waals surface area contributed by atoms with E-state index >= 15 is 0 Å². The zero-order chi connectivity index (χ0) is 13.0. The van der Waals surface area contributed by atoms with E-state index in [1.54, 1.807) is 6.07 Å². The van der Waals surface area contributed by atoms with Gasteiger partial charge in [0, 0.05) is 6.92 Å². The number of rotatable bonds is 0. The molecule has 0 aromatic heterocycles. The van der Waals surface area contributed by atoms with E-state index in [0.717, 1.165) is 0 Å². The van der Waals surface area contributed by atoms with Gasteiger partial charge in [-0.2, -0.15) is 5.26 Å². The normalized spacial score (nSPS) is 6.40. The first-order valence-electron chi connectivity index (χ1n) is 2.93. The summed E-state index contributed by atoms with van der Waals surface area (Å²) in [6, 6.07) is 1.75. The van der Waals surface area contributed by atoms with Crippen LogP contribution >= 0.6 is 0 Å². The lowest BCUT2D eigenvalue weighted by Crippen LogP contribution is -2.09. The van der Waals surface area contributed by atoms with Crippen molar-refractivity contribution < 1.29 is 39.6 Å². The van der Waals surface area contributed by atoms with Crippen LogP contribution in [0.3, 0.4) is 0 Å². The summed E-state index contributed by atoms with van der Waals surface area (Å²) in [6.07, 6.45) is 0. The lowest BCUT2D eigenvalue weighted by molar-refractivity contribution is -0.159. The highest BCUT2D eigenvalue weighted by Gasteiger charge is 2.04. The average molecular weight is 221 g/mol. The summed E-state index contributed by atoms with van der Waals surface area (Å²) < 4.78 is 0. The molecule has 0 aliphatic heterocycles. The molecule has 0 rings (SSSR count). The van der Waals surface area contributed by atoms with Crippen LogP contribution in [0.15, 0.2) is 0 Å². The van der Waals surface area contributed by atoms with Gasteiger partial charge in [-0.1, -0.05) is 0 Å². The molecule has 0 fully saturated rings. The first-order valence-corrected chi connectivity index (χ1v) is 2.93. The Morgan fingerprint density at radius 1 is 0.800 bits per heavy atom. The first kappa shape index (κ1) is 18.2. The van der Waals surface area contributed by atoms with Crippen molar-refractivity contribution in [3.63, 3.8) is 0 Å². The summed E-state index contributed by atoms with van der Waals surface area (Å²) in [5, 5.41) is 36.9. The Labute approximate surface area is 82.8 Å². The Morgan fingerprint density at radius 2 is 0.867 bits per heavy atom. The monoisotopic (exact) mass is 221 g/mol. The number of carbonyl (C=O) groups is 4. The summed E-state index contributed by atoms with van der Waals surface area (Å²) >= 11 is 0. The number of carboxylic acid groups (broad SMARTS) is 4. The third-order valence-corrected chi connectivity index (χ3v) is 0.366. The van der Waals surface area contributed by atoms with Crippen molar-refractivity contribution >= 4 is 23.9 Å². The highest BCUT2D eigenvalue weighted by molar-refractivity contribution is 6.27. The predicted molar refractivity (Wildman–Crippen MR) is 41.8 cm³/mol. The third-order valence-electron chi connectivity index (χ3n) is 0.366. The van der Waals surface area contributed by atoms with Crippen molar-refractivity contribution in [1.29, 1.82) is 5.26 Å². The zero-order valence-electron chi connectivity index (χ0n) is 7.37. The Bertz CT molecular complexity index is 240. The molecule has 0 aromatic carbocycles. The second-order valence-corrected chi connectivity index (χ2v) is 1.44. The van der Waals surface area contributed by atoms with E-state index in [-0.39, 0.29) is 0 Å². The van der Waals surface area contributed by atoms with Crippen molar-refractivity contribution in [3.8, 4) is 6.07 Å². The zero-order valence-corrected chi connectivity index (χ0v) is 7.37. The van der Waals surface area contributed by atoms with E-state index in [4.69, 9.17) is 44.9 Å². The molecule has 15 heavy (non-hydrogen) atoms. The number of nitrogens with zero attached hydrogens (tertiary/aromatic N) is 1. The topological polar surface area (TPSA) is 173 Å². The molecule has 0 unspecified atom stereocenters. The van der Waals surface area contributed by atoms with Gasteiger partial charge < -0.3 is 20.4 Å².